The summed E-state index contributed by atoms with van der Waals surface area (Å²) in [5, 5.41) is 6.10. The number of nitrogens with zero attached hydrogens (tertiary/aromatic N) is 2. The molecule has 6 heteroatoms. The maximum atomic E-state index is 12.1. The summed E-state index contributed by atoms with van der Waals surface area (Å²) in [6.45, 7) is 4.93. The zero-order valence-electron chi connectivity index (χ0n) is 12.9. The Bertz CT molecular complexity index is 657. The molecule has 0 spiro atoms. The fourth-order valence-corrected chi connectivity index (χ4v) is 2.01. The fourth-order valence-electron chi connectivity index (χ4n) is 2.01. The highest BCUT2D eigenvalue weighted by molar-refractivity contribution is 5.99. The van der Waals surface area contributed by atoms with Crippen LogP contribution in [0.15, 0.2) is 30.5 Å². The predicted molar refractivity (Wildman–Crippen MR) is 87.6 cm³/mol. The third-order valence-electron chi connectivity index (χ3n) is 3.20. The Balaban J connectivity index is 2.11. The number of carbonyl (C=O) groups is 1. The summed E-state index contributed by atoms with van der Waals surface area (Å²) in [6, 6.07) is 7.39. The second-order valence-electron chi connectivity index (χ2n) is 4.98. The minimum Gasteiger partial charge on any atom is -0.383 e. The lowest BCUT2D eigenvalue weighted by Gasteiger charge is -2.12. The molecule has 1 heterocycles. The van der Waals surface area contributed by atoms with Crippen molar-refractivity contribution < 1.29 is 4.79 Å². The van der Waals surface area contributed by atoms with Crippen molar-refractivity contribution in [3.63, 3.8) is 0 Å². The van der Waals surface area contributed by atoms with E-state index >= 15 is 0 Å². The van der Waals surface area contributed by atoms with Crippen LogP contribution in [-0.2, 0) is 6.54 Å². The molecular weight excluding hydrogens is 278 g/mol. The molecule has 2 aromatic rings. The summed E-state index contributed by atoms with van der Waals surface area (Å²) in [5.74, 6) is 1.01. The zero-order chi connectivity index (χ0) is 15.9. The zero-order valence-corrected chi connectivity index (χ0v) is 12.9. The molecule has 22 heavy (non-hydrogen) atoms. The van der Waals surface area contributed by atoms with Crippen LogP contribution in [0.4, 0.5) is 11.5 Å². The average Bonchev–Trinajstić information content (AvgIpc) is 2.52. The average molecular weight is 299 g/mol. The van der Waals surface area contributed by atoms with E-state index in [4.69, 9.17) is 5.73 Å². The van der Waals surface area contributed by atoms with Gasteiger partial charge in [-0.15, -0.1) is 0 Å². The van der Waals surface area contributed by atoms with Crippen molar-refractivity contribution in [3.05, 3.63) is 47.4 Å². The lowest BCUT2D eigenvalue weighted by atomic mass is 10.1. The molecule has 6 nitrogen and oxygen atoms in total. The number of nitrogens with one attached hydrogen (secondary N) is 2. The molecule has 4 N–H and O–H groups in total. The van der Waals surface area contributed by atoms with Crippen LogP contribution in [0.25, 0.3) is 0 Å². The first-order chi connectivity index (χ1) is 10.6. The van der Waals surface area contributed by atoms with E-state index in [9.17, 15) is 4.79 Å². The molecule has 0 radical (unpaired) electrons. The number of aryl methyl sites for hydroxylation is 1. The third kappa shape index (κ3) is 3.94. The van der Waals surface area contributed by atoms with Crippen LogP contribution < -0.4 is 16.4 Å². The number of anilines is 2. The molecule has 2 rings (SSSR count). The number of para-hydroxylation sites is 1. The van der Waals surface area contributed by atoms with Gasteiger partial charge in [0.25, 0.3) is 5.91 Å². The van der Waals surface area contributed by atoms with Gasteiger partial charge in [-0.05, 0) is 25.5 Å². The third-order valence-corrected chi connectivity index (χ3v) is 3.20. The minimum absolute atomic E-state index is 0.0851. The first-order valence-corrected chi connectivity index (χ1v) is 7.31. The van der Waals surface area contributed by atoms with E-state index in [2.05, 4.69) is 20.6 Å². The Morgan fingerprint density at radius 2 is 2.09 bits per heavy atom. The number of rotatable bonds is 6. The van der Waals surface area contributed by atoms with Gasteiger partial charge in [-0.2, -0.15) is 0 Å². The molecule has 0 saturated carbocycles. The highest BCUT2D eigenvalue weighted by Crippen LogP contribution is 2.17. The molecule has 0 aliphatic carbocycles. The van der Waals surface area contributed by atoms with E-state index in [1.165, 1.54) is 0 Å². The maximum Gasteiger partial charge on any atom is 0.253 e. The quantitative estimate of drug-likeness (QED) is 0.759. The number of aromatic nitrogens is 2. The van der Waals surface area contributed by atoms with Crippen LogP contribution in [0, 0.1) is 6.92 Å². The van der Waals surface area contributed by atoms with E-state index in [1.807, 2.05) is 25.1 Å². The first-order valence-electron chi connectivity index (χ1n) is 7.31. The summed E-state index contributed by atoms with van der Waals surface area (Å²) in [6.07, 6.45) is 2.60. The molecule has 0 atom stereocenters. The molecule has 1 aromatic heterocycles. The van der Waals surface area contributed by atoms with Gasteiger partial charge >= 0.3 is 0 Å². The van der Waals surface area contributed by atoms with Gasteiger partial charge < -0.3 is 16.4 Å². The predicted octanol–water partition coefficient (Wildman–Crippen LogP) is 2.12. The number of amides is 1. The molecule has 1 amide bonds. The monoisotopic (exact) mass is 299 g/mol. The second-order valence-corrected chi connectivity index (χ2v) is 4.98. The lowest BCUT2D eigenvalue weighted by molar-refractivity contribution is 0.0954. The standard InChI is InChI=1S/C16H21N5O/c1-3-8-18-16(22)13-6-4-5-7-14(13)20-10-12-9-19-11(2)21-15(12)17/h4-7,9,20H,3,8,10H2,1-2H3,(H,18,22)(H2,17,19,21). The number of hydrogen-bond donors (Lipinski definition) is 3. The molecular formula is C16H21N5O. The van der Waals surface area contributed by atoms with Crippen molar-refractivity contribution in [2.45, 2.75) is 26.8 Å². The van der Waals surface area contributed by atoms with Crippen molar-refractivity contribution in [2.24, 2.45) is 0 Å². The van der Waals surface area contributed by atoms with E-state index in [-0.39, 0.29) is 5.91 Å². The van der Waals surface area contributed by atoms with Gasteiger partial charge in [0.1, 0.15) is 11.6 Å². The van der Waals surface area contributed by atoms with Gasteiger partial charge in [-0.1, -0.05) is 19.1 Å². The Kier molecular flexibility index (Phi) is 5.30. The van der Waals surface area contributed by atoms with Crippen LogP contribution >= 0.6 is 0 Å². The molecule has 0 saturated heterocycles. The van der Waals surface area contributed by atoms with Gasteiger partial charge in [0.2, 0.25) is 0 Å². The smallest absolute Gasteiger partial charge is 0.253 e. The largest absolute Gasteiger partial charge is 0.383 e. The highest BCUT2D eigenvalue weighted by atomic mass is 16.1. The molecule has 0 unspecified atom stereocenters. The SMILES string of the molecule is CCCNC(=O)c1ccccc1NCc1cnc(C)nc1N. The van der Waals surface area contributed by atoms with Crippen LogP contribution in [0.1, 0.15) is 35.1 Å². The summed E-state index contributed by atoms with van der Waals surface area (Å²) in [5.41, 5.74) is 8.05. The molecule has 116 valence electrons. The fraction of sp³-hybridized carbons (Fsp3) is 0.312. The number of carbonyl (C=O) groups excluding carboxylic acids is 1. The number of nitrogens with two attached hydrogens (primary N) is 1. The molecule has 0 aliphatic heterocycles. The van der Waals surface area contributed by atoms with Crippen molar-refractivity contribution in [2.75, 3.05) is 17.6 Å². The number of benzene rings is 1. The summed E-state index contributed by atoms with van der Waals surface area (Å²) in [7, 11) is 0. The molecule has 0 aliphatic rings. The van der Waals surface area contributed by atoms with E-state index in [1.54, 1.807) is 19.2 Å². The van der Waals surface area contributed by atoms with Gasteiger partial charge in [-0.3, -0.25) is 4.79 Å². The molecule has 0 fully saturated rings. The van der Waals surface area contributed by atoms with Gasteiger partial charge in [-0.25, -0.2) is 9.97 Å². The van der Waals surface area contributed by atoms with Crippen LogP contribution in [0.3, 0.4) is 0 Å². The summed E-state index contributed by atoms with van der Waals surface area (Å²) >= 11 is 0. The second kappa shape index (κ2) is 7.40. The van der Waals surface area contributed by atoms with E-state index in [0.29, 0.717) is 30.3 Å². The first kappa shape index (κ1) is 15.8. The van der Waals surface area contributed by atoms with Crippen LogP contribution in [0.2, 0.25) is 0 Å². The van der Waals surface area contributed by atoms with Crippen LogP contribution in [0.5, 0.6) is 0 Å². The topological polar surface area (TPSA) is 92.9 Å². The number of hydrogen-bond acceptors (Lipinski definition) is 5. The summed E-state index contributed by atoms with van der Waals surface area (Å²) < 4.78 is 0. The Hall–Kier alpha value is -2.63. The number of nitrogen functional groups attached to an aromatic ring is 1. The molecule has 1 aromatic carbocycles. The van der Waals surface area contributed by atoms with Crippen molar-refractivity contribution in [1.82, 2.24) is 15.3 Å². The maximum absolute atomic E-state index is 12.1. The van der Waals surface area contributed by atoms with Crippen LogP contribution in [-0.4, -0.2) is 22.4 Å². The lowest BCUT2D eigenvalue weighted by Crippen LogP contribution is -2.25. The minimum atomic E-state index is -0.0851. The van der Waals surface area contributed by atoms with E-state index < -0.39 is 0 Å². The Morgan fingerprint density at radius 1 is 1.32 bits per heavy atom. The Morgan fingerprint density at radius 3 is 2.82 bits per heavy atom. The van der Waals surface area contributed by atoms with E-state index in [0.717, 1.165) is 17.7 Å². The Labute approximate surface area is 130 Å². The van der Waals surface area contributed by atoms with Crippen molar-refractivity contribution >= 4 is 17.4 Å². The van der Waals surface area contributed by atoms with Crippen molar-refractivity contribution in [3.8, 4) is 0 Å². The van der Waals surface area contributed by atoms with Gasteiger partial charge in [0, 0.05) is 30.5 Å². The van der Waals surface area contributed by atoms with Crippen molar-refractivity contribution in [1.29, 1.82) is 0 Å². The molecule has 0 bridgehead atoms. The van der Waals surface area contributed by atoms with Gasteiger partial charge in [0.05, 0.1) is 5.56 Å². The normalized spacial score (nSPS) is 10.3. The summed E-state index contributed by atoms with van der Waals surface area (Å²) in [4.78, 5) is 20.4. The van der Waals surface area contributed by atoms with Gasteiger partial charge in [0.15, 0.2) is 0 Å². The highest BCUT2D eigenvalue weighted by Gasteiger charge is 2.10.